The van der Waals surface area contributed by atoms with Crippen molar-refractivity contribution in [3.63, 3.8) is 0 Å². The molecule has 0 aliphatic rings. The highest BCUT2D eigenvalue weighted by Crippen LogP contribution is 2.25. The zero-order valence-corrected chi connectivity index (χ0v) is 12.3. The highest BCUT2D eigenvalue weighted by atomic mass is 32.1. The minimum atomic E-state index is -0.0928. The van der Waals surface area contributed by atoms with E-state index in [2.05, 4.69) is 21.2 Å². The summed E-state index contributed by atoms with van der Waals surface area (Å²) in [5.41, 5.74) is 10.2. The first-order valence-electron chi connectivity index (χ1n) is 6.54. The second-order valence-corrected chi connectivity index (χ2v) is 6.03. The Hall–Kier alpha value is -1.85. The van der Waals surface area contributed by atoms with Crippen LogP contribution in [-0.2, 0) is 6.42 Å². The predicted octanol–water partition coefficient (Wildman–Crippen LogP) is 2.95. The minimum absolute atomic E-state index is 0.0928. The monoisotopic (exact) mass is 284 g/mol. The topological polar surface area (TPSA) is 64.7 Å². The third-order valence-electron chi connectivity index (χ3n) is 3.27. The molecule has 102 valence electrons. The van der Waals surface area contributed by atoms with E-state index in [4.69, 9.17) is 5.73 Å². The maximum atomic E-state index is 6.32. The van der Waals surface area contributed by atoms with E-state index in [9.17, 15) is 0 Å². The molecule has 0 aliphatic carbocycles. The fraction of sp³-hybridized carbons (Fsp3) is 0.267. The molecule has 2 aromatic heterocycles. The molecule has 3 aromatic rings. The van der Waals surface area contributed by atoms with Gasteiger partial charge in [-0.05, 0) is 37.6 Å². The molecule has 0 amide bonds. The van der Waals surface area contributed by atoms with Crippen LogP contribution >= 0.6 is 11.3 Å². The normalized spacial score (nSPS) is 12.8. The lowest BCUT2D eigenvalue weighted by molar-refractivity contribution is 0.698. The van der Waals surface area contributed by atoms with Crippen molar-refractivity contribution in [1.82, 2.24) is 15.2 Å². The van der Waals surface area contributed by atoms with Gasteiger partial charge in [-0.3, -0.25) is 0 Å². The van der Waals surface area contributed by atoms with Crippen LogP contribution in [0, 0.1) is 13.8 Å². The van der Waals surface area contributed by atoms with Crippen molar-refractivity contribution in [2.24, 2.45) is 5.73 Å². The number of nitrogens with zero attached hydrogens (tertiary/aromatic N) is 3. The van der Waals surface area contributed by atoms with Crippen LogP contribution in [0.3, 0.4) is 0 Å². The Morgan fingerprint density at radius 3 is 2.80 bits per heavy atom. The van der Waals surface area contributed by atoms with Gasteiger partial charge in [-0.15, -0.1) is 11.3 Å². The average molecular weight is 284 g/mol. The molecule has 4 nitrogen and oxygen atoms in total. The number of thiazole rings is 1. The molecular formula is C15H16N4S. The Labute approximate surface area is 121 Å². The van der Waals surface area contributed by atoms with Gasteiger partial charge in [-0.1, -0.05) is 12.1 Å². The molecule has 1 atom stereocenters. The van der Waals surface area contributed by atoms with Crippen LogP contribution in [0.2, 0.25) is 0 Å². The third kappa shape index (κ3) is 2.55. The molecule has 2 N–H and O–H groups in total. The quantitative estimate of drug-likeness (QED) is 0.803. The number of aromatic nitrogens is 3. The number of hydrogen-bond acceptors (Lipinski definition) is 5. The fourth-order valence-electron chi connectivity index (χ4n) is 2.25. The summed E-state index contributed by atoms with van der Waals surface area (Å²) in [5.74, 6) is 0. The number of nitrogens with two attached hydrogens (primary N) is 1. The summed E-state index contributed by atoms with van der Waals surface area (Å²) in [6, 6.07) is 10.1. The number of hydrogen-bond donors (Lipinski definition) is 1. The molecule has 5 heteroatoms. The molecule has 1 unspecified atom stereocenters. The zero-order valence-electron chi connectivity index (χ0n) is 11.5. The molecule has 0 spiro atoms. The summed E-state index contributed by atoms with van der Waals surface area (Å²) in [6.45, 7) is 3.88. The van der Waals surface area contributed by atoms with Crippen molar-refractivity contribution < 1.29 is 0 Å². The van der Waals surface area contributed by atoms with Crippen LogP contribution in [0.5, 0.6) is 0 Å². The molecule has 0 aliphatic heterocycles. The molecule has 0 bridgehead atoms. The Morgan fingerprint density at radius 2 is 2.00 bits per heavy atom. The number of aryl methyl sites for hydroxylation is 2. The van der Waals surface area contributed by atoms with Gasteiger partial charge in [0.2, 0.25) is 0 Å². The van der Waals surface area contributed by atoms with Crippen LogP contribution in [0.1, 0.15) is 28.0 Å². The molecule has 20 heavy (non-hydrogen) atoms. The van der Waals surface area contributed by atoms with Gasteiger partial charge in [-0.2, -0.15) is 10.2 Å². The Morgan fingerprint density at radius 1 is 1.20 bits per heavy atom. The van der Waals surface area contributed by atoms with Gasteiger partial charge in [0.1, 0.15) is 0 Å². The van der Waals surface area contributed by atoms with E-state index in [0.717, 1.165) is 33.9 Å². The van der Waals surface area contributed by atoms with Crippen molar-refractivity contribution in [3.05, 3.63) is 52.3 Å². The van der Waals surface area contributed by atoms with Gasteiger partial charge in [0, 0.05) is 12.5 Å². The summed E-state index contributed by atoms with van der Waals surface area (Å²) in [5, 5.41) is 9.24. The summed E-state index contributed by atoms with van der Waals surface area (Å²) < 4.78 is 1.20. The smallest absolute Gasteiger partial charge is 0.0957 e. The van der Waals surface area contributed by atoms with E-state index in [0.29, 0.717) is 0 Å². The minimum Gasteiger partial charge on any atom is -0.324 e. The standard InChI is InChI=1S/C15H16N4S/c1-9-7-11(10(2)19-18-9)12(16)8-15-17-13-5-3-4-6-14(13)20-15/h3-7,12H,8,16H2,1-2H3. The zero-order chi connectivity index (χ0) is 14.1. The van der Waals surface area contributed by atoms with Crippen LogP contribution < -0.4 is 5.73 Å². The first-order chi connectivity index (χ1) is 9.63. The number of benzene rings is 1. The van der Waals surface area contributed by atoms with E-state index >= 15 is 0 Å². The number of rotatable bonds is 3. The molecule has 2 heterocycles. The summed E-state index contributed by atoms with van der Waals surface area (Å²) in [7, 11) is 0. The highest BCUT2D eigenvalue weighted by Gasteiger charge is 2.14. The van der Waals surface area contributed by atoms with Gasteiger partial charge < -0.3 is 5.73 Å². The van der Waals surface area contributed by atoms with E-state index in [-0.39, 0.29) is 6.04 Å². The fourth-order valence-corrected chi connectivity index (χ4v) is 3.28. The summed E-state index contributed by atoms with van der Waals surface area (Å²) >= 11 is 1.70. The first-order valence-corrected chi connectivity index (χ1v) is 7.36. The third-order valence-corrected chi connectivity index (χ3v) is 4.33. The Kier molecular flexibility index (Phi) is 3.46. The highest BCUT2D eigenvalue weighted by molar-refractivity contribution is 7.18. The van der Waals surface area contributed by atoms with Crippen molar-refractivity contribution >= 4 is 21.6 Å². The molecule has 1 aromatic carbocycles. The van der Waals surface area contributed by atoms with Gasteiger partial charge in [0.25, 0.3) is 0 Å². The maximum absolute atomic E-state index is 6.32. The number of para-hydroxylation sites is 1. The van der Waals surface area contributed by atoms with Gasteiger partial charge in [0.15, 0.2) is 0 Å². The Balaban J connectivity index is 1.88. The van der Waals surface area contributed by atoms with E-state index in [1.54, 1.807) is 11.3 Å². The lowest BCUT2D eigenvalue weighted by Crippen LogP contribution is -2.16. The molecule has 0 radical (unpaired) electrons. The molecule has 3 rings (SSSR count). The van der Waals surface area contributed by atoms with E-state index < -0.39 is 0 Å². The van der Waals surface area contributed by atoms with Gasteiger partial charge >= 0.3 is 0 Å². The molecule has 0 saturated heterocycles. The van der Waals surface area contributed by atoms with Crippen molar-refractivity contribution in [2.45, 2.75) is 26.3 Å². The molecule has 0 fully saturated rings. The van der Waals surface area contributed by atoms with E-state index in [1.165, 1.54) is 4.70 Å². The lowest BCUT2D eigenvalue weighted by atomic mass is 10.0. The maximum Gasteiger partial charge on any atom is 0.0957 e. The lowest BCUT2D eigenvalue weighted by Gasteiger charge is -2.12. The van der Waals surface area contributed by atoms with Crippen molar-refractivity contribution in [3.8, 4) is 0 Å². The second-order valence-electron chi connectivity index (χ2n) is 4.91. The SMILES string of the molecule is Cc1cc(C(N)Cc2nc3ccccc3s2)c(C)nn1. The van der Waals surface area contributed by atoms with Crippen LogP contribution in [0.25, 0.3) is 10.2 Å². The second kappa shape index (κ2) is 5.26. The van der Waals surface area contributed by atoms with Crippen LogP contribution in [0.15, 0.2) is 30.3 Å². The van der Waals surface area contributed by atoms with Crippen molar-refractivity contribution in [1.29, 1.82) is 0 Å². The number of fused-ring (bicyclic) bond motifs is 1. The average Bonchev–Trinajstić information content (AvgIpc) is 2.83. The molecule has 0 saturated carbocycles. The first kappa shape index (κ1) is 13.1. The summed E-state index contributed by atoms with van der Waals surface area (Å²) in [6.07, 6.45) is 0.728. The van der Waals surface area contributed by atoms with Gasteiger partial charge in [0.05, 0.1) is 26.6 Å². The van der Waals surface area contributed by atoms with Gasteiger partial charge in [-0.25, -0.2) is 4.98 Å². The molecular weight excluding hydrogens is 268 g/mol. The van der Waals surface area contributed by atoms with Crippen LogP contribution in [0.4, 0.5) is 0 Å². The van der Waals surface area contributed by atoms with Crippen molar-refractivity contribution in [2.75, 3.05) is 0 Å². The summed E-state index contributed by atoms with van der Waals surface area (Å²) in [4.78, 5) is 4.63. The Bertz CT molecular complexity index is 717. The van der Waals surface area contributed by atoms with E-state index in [1.807, 2.05) is 38.1 Å². The largest absolute Gasteiger partial charge is 0.324 e. The predicted molar refractivity (Wildman–Crippen MR) is 81.8 cm³/mol. The van der Waals surface area contributed by atoms with Crippen LogP contribution in [-0.4, -0.2) is 15.2 Å².